The fourth-order valence-electron chi connectivity index (χ4n) is 2.11. The topological polar surface area (TPSA) is 42.0 Å². The van der Waals surface area contributed by atoms with Crippen molar-refractivity contribution >= 4 is 17.5 Å². The number of carbonyl (C=O) groups is 1. The zero-order valence-electron chi connectivity index (χ0n) is 11.3. The molecule has 1 aromatic heterocycles. The molecular formula is C16H17ClN2O. The summed E-state index contributed by atoms with van der Waals surface area (Å²) in [7, 11) is 0. The smallest absolute Gasteiger partial charge is 0.216 e. The molecule has 0 bridgehead atoms. The van der Waals surface area contributed by atoms with Gasteiger partial charge in [0.2, 0.25) is 5.91 Å². The number of hydrogen-bond donors (Lipinski definition) is 1. The highest BCUT2D eigenvalue weighted by Gasteiger charge is 2.13. The van der Waals surface area contributed by atoms with E-state index in [1.165, 1.54) is 6.92 Å². The number of aromatic nitrogens is 1. The number of amides is 1. The molecule has 1 atom stereocenters. The average molecular weight is 289 g/mol. The fraction of sp³-hybridized carbons (Fsp3) is 0.250. The van der Waals surface area contributed by atoms with Gasteiger partial charge in [0.25, 0.3) is 0 Å². The Morgan fingerprint density at radius 2 is 2.05 bits per heavy atom. The van der Waals surface area contributed by atoms with Crippen LogP contribution in [0.2, 0.25) is 5.02 Å². The maximum Gasteiger partial charge on any atom is 0.216 e. The van der Waals surface area contributed by atoms with Crippen molar-refractivity contribution in [3.05, 3.63) is 64.9 Å². The number of hydrogen-bond acceptors (Lipinski definition) is 2. The van der Waals surface area contributed by atoms with E-state index in [0.29, 0.717) is 11.6 Å². The molecule has 0 saturated heterocycles. The van der Waals surface area contributed by atoms with E-state index >= 15 is 0 Å². The number of carbonyl (C=O) groups excluding carboxylic acids is 1. The molecule has 0 aliphatic rings. The molecule has 1 N–H and O–H groups in total. The lowest BCUT2D eigenvalue weighted by Crippen LogP contribution is -2.27. The number of pyridine rings is 1. The molecule has 3 nitrogen and oxygen atoms in total. The molecule has 2 aromatic rings. The van der Waals surface area contributed by atoms with E-state index in [0.717, 1.165) is 17.5 Å². The van der Waals surface area contributed by atoms with Gasteiger partial charge in [0.05, 0.1) is 0 Å². The summed E-state index contributed by atoms with van der Waals surface area (Å²) in [4.78, 5) is 15.3. The molecule has 0 aliphatic heterocycles. The van der Waals surface area contributed by atoms with Crippen molar-refractivity contribution < 1.29 is 4.79 Å². The first-order chi connectivity index (χ1) is 9.65. The number of benzene rings is 1. The SMILES string of the molecule is CC(=O)NCC(Cc1cccnc1)c1ccc(Cl)cc1. The van der Waals surface area contributed by atoms with Gasteiger partial charge in [0.1, 0.15) is 0 Å². The highest BCUT2D eigenvalue weighted by molar-refractivity contribution is 6.30. The Balaban J connectivity index is 2.15. The quantitative estimate of drug-likeness (QED) is 0.918. The Labute approximate surface area is 124 Å². The van der Waals surface area contributed by atoms with Crippen molar-refractivity contribution in [2.45, 2.75) is 19.3 Å². The largest absolute Gasteiger partial charge is 0.356 e. The second-order valence-corrected chi connectivity index (χ2v) is 5.19. The van der Waals surface area contributed by atoms with Crippen LogP contribution in [0.25, 0.3) is 0 Å². The van der Waals surface area contributed by atoms with E-state index in [2.05, 4.69) is 10.3 Å². The molecule has 0 spiro atoms. The van der Waals surface area contributed by atoms with Gasteiger partial charge in [0.15, 0.2) is 0 Å². The van der Waals surface area contributed by atoms with E-state index in [4.69, 9.17) is 11.6 Å². The minimum Gasteiger partial charge on any atom is -0.356 e. The first-order valence-corrected chi connectivity index (χ1v) is 6.92. The van der Waals surface area contributed by atoms with E-state index in [-0.39, 0.29) is 11.8 Å². The Bertz CT molecular complexity index is 554. The summed E-state index contributed by atoms with van der Waals surface area (Å²) < 4.78 is 0. The van der Waals surface area contributed by atoms with Crippen LogP contribution in [0.5, 0.6) is 0 Å². The summed E-state index contributed by atoms with van der Waals surface area (Å²) in [5.41, 5.74) is 2.31. The molecule has 1 heterocycles. The maximum absolute atomic E-state index is 11.1. The van der Waals surface area contributed by atoms with E-state index < -0.39 is 0 Å². The highest BCUT2D eigenvalue weighted by atomic mass is 35.5. The van der Waals surface area contributed by atoms with Crippen molar-refractivity contribution in [3.8, 4) is 0 Å². The van der Waals surface area contributed by atoms with E-state index in [1.807, 2.05) is 42.6 Å². The summed E-state index contributed by atoms with van der Waals surface area (Å²) in [6.45, 7) is 2.13. The second-order valence-electron chi connectivity index (χ2n) is 4.75. The monoisotopic (exact) mass is 288 g/mol. The van der Waals surface area contributed by atoms with Gasteiger partial charge in [-0.05, 0) is 35.7 Å². The van der Waals surface area contributed by atoms with Crippen LogP contribution in [0.1, 0.15) is 24.0 Å². The highest BCUT2D eigenvalue weighted by Crippen LogP contribution is 2.22. The van der Waals surface area contributed by atoms with Gasteiger partial charge < -0.3 is 5.32 Å². The minimum atomic E-state index is -0.0184. The van der Waals surface area contributed by atoms with Gasteiger partial charge >= 0.3 is 0 Å². The third kappa shape index (κ3) is 4.35. The van der Waals surface area contributed by atoms with Crippen LogP contribution < -0.4 is 5.32 Å². The molecule has 20 heavy (non-hydrogen) atoms. The van der Waals surface area contributed by atoms with Gasteiger partial charge in [-0.25, -0.2) is 0 Å². The summed E-state index contributed by atoms with van der Waals surface area (Å²) >= 11 is 5.92. The molecule has 0 aliphatic carbocycles. The predicted molar refractivity (Wildman–Crippen MR) is 80.8 cm³/mol. The van der Waals surface area contributed by atoms with Crippen LogP contribution in [0, 0.1) is 0 Å². The van der Waals surface area contributed by atoms with E-state index in [1.54, 1.807) is 6.20 Å². The zero-order chi connectivity index (χ0) is 14.4. The minimum absolute atomic E-state index is 0.0184. The molecule has 4 heteroatoms. The van der Waals surface area contributed by atoms with Crippen LogP contribution in [-0.4, -0.2) is 17.4 Å². The Kier molecular flexibility index (Phi) is 5.13. The average Bonchev–Trinajstić information content (AvgIpc) is 2.45. The Hall–Kier alpha value is -1.87. The molecule has 1 aromatic carbocycles. The predicted octanol–water partition coefficient (Wildman–Crippen LogP) is 3.20. The van der Waals surface area contributed by atoms with Crippen LogP contribution in [-0.2, 0) is 11.2 Å². The molecule has 2 rings (SSSR count). The lowest BCUT2D eigenvalue weighted by Gasteiger charge is -2.18. The molecule has 0 saturated carbocycles. The van der Waals surface area contributed by atoms with Crippen molar-refractivity contribution in [1.82, 2.24) is 10.3 Å². The van der Waals surface area contributed by atoms with Crippen LogP contribution >= 0.6 is 11.6 Å². The van der Waals surface area contributed by atoms with Gasteiger partial charge in [-0.2, -0.15) is 0 Å². The van der Waals surface area contributed by atoms with Crippen molar-refractivity contribution in [2.24, 2.45) is 0 Å². The number of nitrogens with one attached hydrogen (secondary N) is 1. The zero-order valence-corrected chi connectivity index (χ0v) is 12.1. The number of rotatable bonds is 5. The van der Waals surface area contributed by atoms with Crippen LogP contribution in [0.15, 0.2) is 48.8 Å². The van der Waals surface area contributed by atoms with Crippen molar-refractivity contribution in [2.75, 3.05) is 6.54 Å². The molecule has 104 valence electrons. The normalized spacial score (nSPS) is 11.9. The number of halogens is 1. The summed E-state index contributed by atoms with van der Waals surface area (Å²) in [5.74, 6) is 0.190. The second kappa shape index (κ2) is 7.06. The van der Waals surface area contributed by atoms with Gasteiger partial charge in [0, 0.05) is 36.8 Å². The number of nitrogens with zero attached hydrogens (tertiary/aromatic N) is 1. The van der Waals surface area contributed by atoms with Gasteiger partial charge in [-0.1, -0.05) is 29.8 Å². The fourth-order valence-corrected chi connectivity index (χ4v) is 2.24. The molecule has 1 unspecified atom stereocenters. The van der Waals surface area contributed by atoms with Crippen LogP contribution in [0.4, 0.5) is 0 Å². The lowest BCUT2D eigenvalue weighted by atomic mass is 9.92. The van der Waals surface area contributed by atoms with Crippen molar-refractivity contribution in [1.29, 1.82) is 0 Å². The Morgan fingerprint density at radius 1 is 1.30 bits per heavy atom. The molecule has 0 fully saturated rings. The van der Waals surface area contributed by atoms with E-state index in [9.17, 15) is 4.79 Å². The summed E-state index contributed by atoms with van der Waals surface area (Å²) in [6.07, 6.45) is 4.45. The standard InChI is InChI=1S/C16H17ClN2O/c1-12(20)19-11-15(9-13-3-2-8-18-10-13)14-4-6-16(17)7-5-14/h2-8,10,15H,9,11H2,1H3,(H,19,20). The molecule has 1 amide bonds. The first kappa shape index (κ1) is 14.5. The lowest BCUT2D eigenvalue weighted by molar-refractivity contribution is -0.119. The van der Waals surface area contributed by atoms with Crippen molar-refractivity contribution in [3.63, 3.8) is 0 Å². The van der Waals surface area contributed by atoms with Crippen LogP contribution in [0.3, 0.4) is 0 Å². The third-order valence-corrected chi connectivity index (χ3v) is 3.40. The Morgan fingerprint density at radius 3 is 2.65 bits per heavy atom. The summed E-state index contributed by atoms with van der Waals surface area (Å²) in [6, 6.07) is 11.7. The molecular weight excluding hydrogens is 272 g/mol. The first-order valence-electron chi connectivity index (χ1n) is 6.54. The van der Waals surface area contributed by atoms with Gasteiger partial charge in [-0.3, -0.25) is 9.78 Å². The maximum atomic E-state index is 11.1. The van der Waals surface area contributed by atoms with Gasteiger partial charge in [-0.15, -0.1) is 0 Å². The molecule has 0 radical (unpaired) electrons. The third-order valence-electron chi connectivity index (χ3n) is 3.14. The summed E-state index contributed by atoms with van der Waals surface area (Å²) in [5, 5.41) is 3.60.